The quantitative estimate of drug-likeness (QED) is 0.454. The molecule has 34 heavy (non-hydrogen) atoms. The van der Waals surface area contributed by atoms with Gasteiger partial charge in [0, 0.05) is 17.5 Å². The molecular weight excluding hydrogens is 426 g/mol. The Hall–Kier alpha value is -3.89. The summed E-state index contributed by atoms with van der Waals surface area (Å²) in [6.45, 7) is 11.7. The third-order valence-electron chi connectivity index (χ3n) is 5.98. The second-order valence-electron chi connectivity index (χ2n) is 8.22. The first kappa shape index (κ1) is 24.7. The van der Waals surface area contributed by atoms with E-state index in [1.165, 1.54) is 49.4 Å². The maximum Gasteiger partial charge on any atom is 0.262 e. The van der Waals surface area contributed by atoms with E-state index in [1.54, 1.807) is 0 Å². The molecule has 2 N–H and O–H groups in total. The average Bonchev–Trinajstić information content (AvgIpc) is 2.84. The molecule has 0 bridgehead atoms. The fourth-order valence-electron chi connectivity index (χ4n) is 4.06. The normalized spacial score (nSPS) is 15.0. The Morgan fingerprint density at radius 3 is 2.62 bits per heavy atom. The summed E-state index contributed by atoms with van der Waals surface area (Å²) in [5.41, 5.74) is 4.45. The van der Waals surface area contributed by atoms with Crippen molar-refractivity contribution in [3.63, 3.8) is 0 Å². The number of carbonyl (C=O) groups is 1. The number of rotatable bonds is 8. The summed E-state index contributed by atoms with van der Waals surface area (Å²) >= 11 is 0. The number of ether oxygens (including phenoxy) is 1. The molecule has 176 valence electrons. The molecule has 1 aliphatic rings. The highest BCUT2D eigenvalue weighted by Crippen LogP contribution is 2.31. The van der Waals surface area contributed by atoms with Gasteiger partial charge in [-0.05, 0) is 75.2 Å². The van der Waals surface area contributed by atoms with Crippen LogP contribution in [0, 0.1) is 19.3 Å². The number of nitrogens with zero attached hydrogens (tertiary/aromatic N) is 3. The number of hydrogen-bond acceptors (Lipinski definition) is 6. The minimum atomic E-state index is -0.466. The highest BCUT2D eigenvalue weighted by molar-refractivity contribution is 5.97. The lowest BCUT2D eigenvalue weighted by Gasteiger charge is -2.30. The highest BCUT2D eigenvalue weighted by Gasteiger charge is 2.20. The molecular formula is C27H31N5O2. The number of allylic oxidation sites excluding steroid dienone is 3. The lowest BCUT2D eigenvalue weighted by Crippen LogP contribution is -2.29. The van der Waals surface area contributed by atoms with Gasteiger partial charge >= 0.3 is 0 Å². The van der Waals surface area contributed by atoms with E-state index in [-0.39, 0.29) is 11.4 Å². The molecule has 3 rings (SSSR count). The standard InChI is InChI=1S/C27H31N5O2/c1-7-19(8-2)24(9-3)30-25(33)23-17-28-27(31-26(23)34-6)29-21-10-11-22(18(4)16-21)20-12-14-32(5)15-13-20/h1,8-11,16-17,20H,2-3,12-15H2,4-6H3,(H,30,33)(H,28,29,31)/b24-19+. The van der Waals surface area contributed by atoms with Crippen molar-refractivity contribution in [2.24, 2.45) is 0 Å². The van der Waals surface area contributed by atoms with Gasteiger partial charge in [-0.3, -0.25) is 4.79 Å². The minimum Gasteiger partial charge on any atom is -0.480 e. The molecule has 2 aromatic rings. The number of methoxy groups -OCH3 is 1. The Kier molecular flexibility index (Phi) is 8.23. The van der Waals surface area contributed by atoms with Crippen LogP contribution in [0.1, 0.15) is 40.2 Å². The van der Waals surface area contributed by atoms with Gasteiger partial charge in [0.2, 0.25) is 11.8 Å². The van der Waals surface area contributed by atoms with Gasteiger partial charge in [-0.15, -0.1) is 6.42 Å². The van der Waals surface area contributed by atoms with E-state index in [0.717, 1.165) is 18.8 Å². The number of hydrogen-bond donors (Lipinski definition) is 2. The molecule has 0 spiro atoms. The largest absolute Gasteiger partial charge is 0.480 e. The Morgan fingerprint density at radius 2 is 2.03 bits per heavy atom. The molecule has 1 aromatic heterocycles. The van der Waals surface area contributed by atoms with Crippen LogP contribution < -0.4 is 15.4 Å². The van der Waals surface area contributed by atoms with E-state index in [9.17, 15) is 4.79 Å². The SMILES string of the molecule is C#C/C(C=C)=C(/C=C)NC(=O)c1cnc(Nc2ccc(C3CCN(C)CC3)c(C)c2)nc1OC. The van der Waals surface area contributed by atoms with Gasteiger partial charge in [0.1, 0.15) is 5.56 Å². The number of anilines is 2. The van der Waals surface area contributed by atoms with E-state index in [2.05, 4.69) is 70.7 Å². The Labute approximate surface area is 201 Å². The predicted octanol–water partition coefficient (Wildman–Crippen LogP) is 4.34. The molecule has 0 saturated carbocycles. The summed E-state index contributed by atoms with van der Waals surface area (Å²) in [7, 11) is 3.62. The van der Waals surface area contributed by atoms with Crippen LogP contribution in [-0.4, -0.2) is 48.0 Å². The fraction of sp³-hybridized carbons (Fsp3) is 0.296. The van der Waals surface area contributed by atoms with Crippen molar-refractivity contribution in [2.45, 2.75) is 25.7 Å². The molecule has 1 saturated heterocycles. The number of piperidine rings is 1. The number of carbonyl (C=O) groups excluding carboxylic acids is 1. The second-order valence-corrected chi connectivity index (χ2v) is 8.22. The number of likely N-dealkylation sites (tertiary alicyclic amines) is 1. The Bertz CT molecular complexity index is 1150. The molecule has 7 nitrogen and oxygen atoms in total. The molecule has 1 amide bonds. The van der Waals surface area contributed by atoms with Crippen molar-refractivity contribution in [1.82, 2.24) is 20.2 Å². The van der Waals surface area contributed by atoms with Crippen LogP contribution in [0.25, 0.3) is 0 Å². The molecule has 7 heteroatoms. The first-order valence-electron chi connectivity index (χ1n) is 11.1. The summed E-state index contributed by atoms with van der Waals surface area (Å²) in [5, 5.41) is 5.91. The van der Waals surface area contributed by atoms with E-state index in [1.807, 2.05) is 6.07 Å². The van der Waals surface area contributed by atoms with Crippen LogP contribution >= 0.6 is 0 Å². The van der Waals surface area contributed by atoms with Crippen molar-refractivity contribution in [3.8, 4) is 18.2 Å². The first-order valence-corrected chi connectivity index (χ1v) is 11.1. The summed E-state index contributed by atoms with van der Waals surface area (Å²) in [4.78, 5) is 23.8. The van der Waals surface area contributed by atoms with Crippen LogP contribution in [0.3, 0.4) is 0 Å². The van der Waals surface area contributed by atoms with Crippen molar-refractivity contribution in [1.29, 1.82) is 0 Å². The van der Waals surface area contributed by atoms with Crippen molar-refractivity contribution >= 4 is 17.5 Å². The summed E-state index contributed by atoms with van der Waals surface area (Å²) in [6.07, 6.45) is 12.1. The van der Waals surface area contributed by atoms with Crippen molar-refractivity contribution in [2.75, 3.05) is 32.6 Å². The zero-order valence-corrected chi connectivity index (χ0v) is 20.0. The molecule has 1 aliphatic heterocycles. The smallest absolute Gasteiger partial charge is 0.262 e. The van der Waals surface area contributed by atoms with Crippen molar-refractivity contribution in [3.05, 3.63) is 77.7 Å². The lowest BCUT2D eigenvalue weighted by atomic mass is 9.87. The van der Waals surface area contributed by atoms with Gasteiger partial charge in [0.05, 0.1) is 12.8 Å². The zero-order valence-electron chi connectivity index (χ0n) is 20.0. The van der Waals surface area contributed by atoms with E-state index in [4.69, 9.17) is 11.2 Å². The maximum absolute atomic E-state index is 12.8. The van der Waals surface area contributed by atoms with E-state index < -0.39 is 5.91 Å². The first-order chi connectivity index (χ1) is 16.4. The van der Waals surface area contributed by atoms with Gasteiger partial charge < -0.3 is 20.3 Å². The van der Waals surface area contributed by atoms with Crippen molar-refractivity contribution < 1.29 is 9.53 Å². The van der Waals surface area contributed by atoms with Gasteiger partial charge in [0.15, 0.2) is 0 Å². The summed E-state index contributed by atoms with van der Waals surface area (Å²) < 4.78 is 5.35. The maximum atomic E-state index is 12.8. The molecule has 1 aromatic carbocycles. The minimum absolute atomic E-state index is 0.138. The summed E-state index contributed by atoms with van der Waals surface area (Å²) in [5.74, 6) is 3.04. The number of aromatic nitrogens is 2. The van der Waals surface area contributed by atoms with Crippen LogP contribution in [-0.2, 0) is 0 Å². The molecule has 2 heterocycles. The molecule has 0 unspecified atom stereocenters. The van der Waals surface area contributed by atoms with E-state index in [0.29, 0.717) is 23.1 Å². The van der Waals surface area contributed by atoms with E-state index >= 15 is 0 Å². The molecule has 0 radical (unpaired) electrons. The Balaban J connectivity index is 1.77. The molecule has 0 aliphatic carbocycles. The highest BCUT2D eigenvalue weighted by atomic mass is 16.5. The average molecular weight is 458 g/mol. The van der Waals surface area contributed by atoms with Gasteiger partial charge in [-0.1, -0.05) is 31.2 Å². The van der Waals surface area contributed by atoms with Crippen LogP contribution in [0.2, 0.25) is 0 Å². The fourth-order valence-corrected chi connectivity index (χ4v) is 4.06. The lowest BCUT2D eigenvalue weighted by molar-refractivity contribution is 0.0963. The molecule has 0 atom stereocenters. The van der Waals surface area contributed by atoms with Gasteiger partial charge in [-0.2, -0.15) is 4.98 Å². The number of nitrogens with one attached hydrogen (secondary N) is 2. The summed E-state index contributed by atoms with van der Waals surface area (Å²) in [6, 6.07) is 6.31. The second kappa shape index (κ2) is 11.3. The van der Waals surface area contributed by atoms with Gasteiger partial charge in [-0.25, -0.2) is 4.98 Å². The number of amides is 1. The third kappa shape index (κ3) is 5.72. The third-order valence-corrected chi connectivity index (χ3v) is 5.98. The molecule has 1 fully saturated rings. The van der Waals surface area contributed by atoms with Crippen LogP contribution in [0.15, 0.2) is 61.0 Å². The number of aryl methyl sites for hydroxylation is 1. The topological polar surface area (TPSA) is 79.4 Å². The van der Waals surface area contributed by atoms with Crippen LogP contribution in [0.5, 0.6) is 5.88 Å². The van der Waals surface area contributed by atoms with Gasteiger partial charge in [0.25, 0.3) is 5.91 Å². The monoisotopic (exact) mass is 457 g/mol. The zero-order chi connectivity index (χ0) is 24.7. The van der Waals surface area contributed by atoms with Crippen LogP contribution in [0.4, 0.5) is 11.6 Å². The number of benzene rings is 1. The number of terminal acetylenes is 1. The Morgan fingerprint density at radius 1 is 1.29 bits per heavy atom. The predicted molar refractivity (Wildman–Crippen MR) is 136 cm³/mol.